The summed E-state index contributed by atoms with van der Waals surface area (Å²) in [5, 5.41) is 17.9. The van der Waals surface area contributed by atoms with E-state index >= 15 is 0 Å². The van der Waals surface area contributed by atoms with Crippen LogP contribution in [0.1, 0.15) is 29.8 Å². The first-order chi connectivity index (χ1) is 21.8. The van der Waals surface area contributed by atoms with Crippen molar-refractivity contribution in [2.24, 2.45) is 5.92 Å². The number of fused-ring (bicyclic) bond motifs is 1. The Morgan fingerprint density at radius 3 is 2.22 bits per heavy atom. The summed E-state index contributed by atoms with van der Waals surface area (Å²) < 4.78 is 50.1. The largest absolute Gasteiger partial charge is 0.497 e. The molecule has 0 spiro atoms. The Morgan fingerprint density at radius 2 is 1.61 bits per heavy atom. The average molecular weight is 644 g/mol. The number of alkyl halides is 3. The van der Waals surface area contributed by atoms with E-state index in [1.54, 1.807) is 43.3 Å². The third kappa shape index (κ3) is 8.38. The lowest BCUT2D eigenvalue weighted by Crippen LogP contribution is -2.50. The summed E-state index contributed by atoms with van der Waals surface area (Å²) >= 11 is 0. The number of benzene rings is 3. The normalized spacial score (nSPS) is 17.0. The summed E-state index contributed by atoms with van der Waals surface area (Å²) in [5.41, 5.74) is 0.344. The van der Waals surface area contributed by atoms with E-state index in [4.69, 9.17) is 9.47 Å². The maximum absolute atomic E-state index is 13.7. The number of nitrogens with zero attached hydrogens (tertiary/aromatic N) is 2. The van der Waals surface area contributed by atoms with Crippen LogP contribution in [-0.4, -0.2) is 78.9 Å². The van der Waals surface area contributed by atoms with Crippen LogP contribution < -0.4 is 25.4 Å². The van der Waals surface area contributed by atoms with Crippen LogP contribution in [0, 0.1) is 5.92 Å². The number of urea groups is 2. The summed E-state index contributed by atoms with van der Waals surface area (Å²) in [5.74, 6) is 0.135. The van der Waals surface area contributed by atoms with Gasteiger partial charge in [0.15, 0.2) is 0 Å². The van der Waals surface area contributed by atoms with E-state index in [2.05, 4.69) is 16.0 Å². The monoisotopic (exact) mass is 643 g/mol. The lowest BCUT2D eigenvalue weighted by Gasteiger charge is -2.38. The van der Waals surface area contributed by atoms with Crippen LogP contribution >= 0.6 is 0 Å². The van der Waals surface area contributed by atoms with Crippen LogP contribution in [-0.2, 0) is 6.18 Å². The Labute approximate surface area is 264 Å². The van der Waals surface area contributed by atoms with Crippen LogP contribution in [0.3, 0.4) is 0 Å². The number of amides is 5. The minimum absolute atomic E-state index is 0.0624. The number of nitrogens with one attached hydrogen (secondary N) is 3. The van der Waals surface area contributed by atoms with E-state index in [0.29, 0.717) is 17.1 Å². The van der Waals surface area contributed by atoms with Crippen molar-refractivity contribution < 1.29 is 42.1 Å². The number of rotatable bonds is 8. The molecule has 0 fully saturated rings. The zero-order chi connectivity index (χ0) is 33.6. The van der Waals surface area contributed by atoms with Gasteiger partial charge in [-0.1, -0.05) is 6.92 Å². The lowest BCUT2D eigenvalue weighted by atomic mass is 9.99. The summed E-state index contributed by atoms with van der Waals surface area (Å²) in [6.07, 6.45) is -5.12. The van der Waals surface area contributed by atoms with Gasteiger partial charge in [0, 0.05) is 36.6 Å². The van der Waals surface area contributed by atoms with E-state index in [0.717, 1.165) is 12.1 Å². The predicted molar refractivity (Wildman–Crippen MR) is 166 cm³/mol. The van der Waals surface area contributed by atoms with E-state index in [1.165, 1.54) is 42.2 Å². The molecule has 0 bridgehead atoms. The van der Waals surface area contributed by atoms with Crippen molar-refractivity contribution in [2.45, 2.75) is 32.2 Å². The first-order valence-electron chi connectivity index (χ1n) is 14.4. The quantitative estimate of drug-likeness (QED) is 0.248. The van der Waals surface area contributed by atoms with E-state index < -0.39 is 41.9 Å². The highest BCUT2D eigenvalue weighted by molar-refractivity contribution is 6.02. The molecule has 1 aliphatic heterocycles. The van der Waals surface area contributed by atoms with Crippen molar-refractivity contribution in [3.8, 4) is 11.5 Å². The number of carbonyl (C=O) groups excluding carboxylic acids is 3. The molecule has 3 aromatic carbocycles. The van der Waals surface area contributed by atoms with Crippen molar-refractivity contribution in [3.63, 3.8) is 0 Å². The molecule has 0 aromatic heterocycles. The molecule has 0 saturated carbocycles. The Hall–Kier alpha value is -4.98. The fourth-order valence-electron chi connectivity index (χ4n) is 4.80. The summed E-state index contributed by atoms with van der Waals surface area (Å²) in [7, 11) is 3.05. The van der Waals surface area contributed by atoms with Crippen LogP contribution in [0.15, 0.2) is 66.7 Å². The number of halogens is 3. The Balaban J connectivity index is 1.51. The second kappa shape index (κ2) is 14.4. The molecule has 3 aromatic rings. The van der Waals surface area contributed by atoms with Gasteiger partial charge in [0.2, 0.25) is 0 Å². The number of hydrogen-bond acceptors (Lipinski definition) is 6. The highest BCUT2D eigenvalue weighted by Crippen LogP contribution is 2.32. The molecule has 14 heteroatoms. The standard InChI is InChI=1S/C32H36F3N5O6/c1-19-16-40(20(2)18-41)29(42)26-15-24(37-30(43)36-22-9-12-25(45-4)13-10-22)11-14-27(26)46-28(19)17-39(3)31(44)38-23-7-5-21(6-8-23)32(33,34)35/h5-15,19-20,28,41H,16-18H2,1-4H3,(H,38,44)(H2,36,37,43)/t19-,20-,28+/m1/s1. The van der Waals surface area contributed by atoms with E-state index in [9.17, 15) is 32.7 Å². The molecule has 1 aliphatic rings. The molecule has 0 aliphatic carbocycles. The molecule has 1 heterocycles. The second-order valence-electron chi connectivity index (χ2n) is 11.0. The number of methoxy groups -OCH3 is 1. The number of anilines is 3. The third-order valence-electron chi connectivity index (χ3n) is 7.53. The number of aliphatic hydroxyl groups excluding tert-OH is 1. The van der Waals surface area contributed by atoms with Crippen LogP contribution in [0.2, 0.25) is 0 Å². The molecule has 0 saturated heterocycles. The first-order valence-corrected chi connectivity index (χ1v) is 14.4. The summed E-state index contributed by atoms with van der Waals surface area (Å²) in [6.45, 7) is 3.51. The van der Waals surface area contributed by atoms with Crippen molar-refractivity contribution in [2.75, 3.05) is 49.8 Å². The number of carbonyl (C=O) groups is 3. The third-order valence-corrected chi connectivity index (χ3v) is 7.53. The van der Waals surface area contributed by atoms with Gasteiger partial charge in [-0.25, -0.2) is 9.59 Å². The SMILES string of the molecule is COc1ccc(NC(=O)Nc2ccc3c(c2)C(=O)N([C@H](C)CO)C[C@@H](C)[C@H](CN(C)C(=O)Nc2ccc(C(F)(F)F)cc2)O3)cc1. The topological polar surface area (TPSA) is 132 Å². The van der Waals surface area contributed by atoms with Gasteiger partial charge in [-0.15, -0.1) is 0 Å². The minimum atomic E-state index is -4.50. The molecule has 11 nitrogen and oxygen atoms in total. The number of hydrogen-bond donors (Lipinski definition) is 4. The zero-order valence-electron chi connectivity index (χ0n) is 25.7. The molecular weight excluding hydrogens is 607 g/mol. The van der Waals surface area contributed by atoms with Crippen molar-refractivity contribution in [3.05, 3.63) is 77.9 Å². The number of likely N-dealkylation sites (N-methyl/N-ethyl adjacent to an activating group) is 1. The van der Waals surface area contributed by atoms with Crippen LogP contribution in [0.25, 0.3) is 0 Å². The van der Waals surface area contributed by atoms with Crippen LogP contribution in [0.4, 0.5) is 39.8 Å². The molecule has 4 N–H and O–H groups in total. The predicted octanol–water partition coefficient (Wildman–Crippen LogP) is 5.74. The molecular formula is C32H36F3N5O6. The molecule has 0 unspecified atom stereocenters. The Morgan fingerprint density at radius 1 is 1.02 bits per heavy atom. The number of ether oxygens (including phenoxy) is 2. The highest BCUT2D eigenvalue weighted by atomic mass is 19.4. The van der Waals surface area contributed by atoms with Gasteiger partial charge in [-0.2, -0.15) is 13.2 Å². The van der Waals surface area contributed by atoms with Gasteiger partial charge < -0.3 is 40.3 Å². The lowest BCUT2D eigenvalue weighted by molar-refractivity contribution is -0.137. The molecule has 4 rings (SSSR count). The maximum Gasteiger partial charge on any atom is 0.416 e. The minimum Gasteiger partial charge on any atom is -0.497 e. The van der Waals surface area contributed by atoms with Crippen molar-refractivity contribution in [1.29, 1.82) is 0 Å². The van der Waals surface area contributed by atoms with E-state index in [-0.39, 0.29) is 42.6 Å². The van der Waals surface area contributed by atoms with Crippen LogP contribution in [0.5, 0.6) is 11.5 Å². The van der Waals surface area contributed by atoms with Gasteiger partial charge in [-0.05, 0) is 73.7 Å². The van der Waals surface area contributed by atoms with E-state index in [1.807, 2.05) is 6.92 Å². The van der Waals surface area contributed by atoms with Gasteiger partial charge in [0.05, 0.1) is 37.4 Å². The molecule has 5 amide bonds. The molecule has 0 radical (unpaired) electrons. The fourth-order valence-corrected chi connectivity index (χ4v) is 4.80. The van der Waals surface area contributed by atoms with Gasteiger partial charge in [0.1, 0.15) is 17.6 Å². The van der Waals surface area contributed by atoms with Gasteiger partial charge in [-0.3, -0.25) is 4.79 Å². The number of aliphatic hydroxyl groups is 1. The smallest absolute Gasteiger partial charge is 0.416 e. The summed E-state index contributed by atoms with van der Waals surface area (Å²) in [6, 6.07) is 13.8. The second-order valence-corrected chi connectivity index (χ2v) is 11.0. The molecule has 46 heavy (non-hydrogen) atoms. The van der Waals surface area contributed by atoms with Gasteiger partial charge >= 0.3 is 18.2 Å². The highest BCUT2D eigenvalue weighted by Gasteiger charge is 2.34. The van der Waals surface area contributed by atoms with Crippen molar-refractivity contribution in [1.82, 2.24) is 9.80 Å². The Bertz CT molecular complexity index is 1530. The summed E-state index contributed by atoms with van der Waals surface area (Å²) in [4.78, 5) is 42.2. The fraction of sp³-hybridized carbons (Fsp3) is 0.344. The Kier molecular flexibility index (Phi) is 10.6. The average Bonchev–Trinajstić information content (AvgIpc) is 3.02. The van der Waals surface area contributed by atoms with Gasteiger partial charge in [0.25, 0.3) is 5.91 Å². The molecule has 246 valence electrons. The molecule has 3 atom stereocenters. The zero-order valence-corrected chi connectivity index (χ0v) is 25.7. The van der Waals surface area contributed by atoms with Crippen molar-refractivity contribution >= 4 is 35.0 Å². The first kappa shape index (κ1) is 33.9. The maximum atomic E-state index is 13.7.